The lowest BCUT2D eigenvalue weighted by Gasteiger charge is -2.35. The van der Waals surface area contributed by atoms with Gasteiger partial charge in [-0.15, -0.1) is 0 Å². The first-order valence-corrected chi connectivity index (χ1v) is 9.13. The van der Waals surface area contributed by atoms with E-state index in [1.165, 1.54) is 51.5 Å². The van der Waals surface area contributed by atoms with Crippen molar-refractivity contribution in [3.05, 3.63) is 35.4 Å². The molecule has 0 saturated heterocycles. The monoisotopic (exact) mass is 285 g/mol. The van der Waals surface area contributed by atoms with Gasteiger partial charge in [0.05, 0.1) is 0 Å². The Labute approximate surface area is 130 Å². The summed E-state index contributed by atoms with van der Waals surface area (Å²) in [5.74, 6) is 2.74. The fourth-order valence-electron chi connectivity index (χ4n) is 4.50. The summed E-state index contributed by atoms with van der Waals surface area (Å²) in [6.07, 6.45) is 9.68. The Morgan fingerprint density at radius 3 is 2.76 bits per heavy atom. The minimum Gasteiger partial charge on any atom is -0.314 e. The SMILES string of the molecule is CCCNC(CC1Cc2ccccc21)C1CCC(CC)C1. The van der Waals surface area contributed by atoms with E-state index in [1.807, 2.05) is 0 Å². The molecule has 1 heteroatoms. The lowest BCUT2D eigenvalue weighted by atomic mass is 9.72. The first-order chi connectivity index (χ1) is 10.3. The molecular formula is C20H31N. The van der Waals surface area contributed by atoms with E-state index >= 15 is 0 Å². The van der Waals surface area contributed by atoms with Gasteiger partial charge in [0, 0.05) is 6.04 Å². The van der Waals surface area contributed by atoms with Gasteiger partial charge >= 0.3 is 0 Å². The van der Waals surface area contributed by atoms with Gasteiger partial charge in [0.1, 0.15) is 0 Å². The Kier molecular flexibility index (Phi) is 5.00. The summed E-state index contributed by atoms with van der Waals surface area (Å²) in [6, 6.07) is 9.81. The zero-order valence-electron chi connectivity index (χ0n) is 13.8. The molecule has 3 rings (SSSR count). The molecule has 0 bridgehead atoms. The lowest BCUT2D eigenvalue weighted by Crippen LogP contribution is -2.38. The molecular weight excluding hydrogens is 254 g/mol. The minimum atomic E-state index is 0.750. The van der Waals surface area contributed by atoms with E-state index in [2.05, 4.69) is 43.4 Å². The van der Waals surface area contributed by atoms with Crippen LogP contribution >= 0.6 is 0 Å². The van der Waals surface area contributed by atoms with Crippen molar-refractivity contribution in [1.29, 1.82) is 0 Å². The first-order valence-electron chi connectivity index (χ1n) is 9.13. The zero-order chi connectivity index (χ0) is 14.7. The average Bonchev–Trinajstić information content (AvgIpc) is 2.96. The third-order valence-electron chi connectivity index (χ3n) is 5.88. The minimum absolute atomic E-state index is 0.750. The van der Waals surface area contributed by atoms with Gasteiger partial charge in [0.15, 0.2) is 0 Å². The van der Waals surface area contributed by atoms with E-state index in [-0.39, 0.29) is 0 Å². The predicted molar refractivity (Wildman–Crippen MR) is 90.7 cm³/mol. The molecule has 0 amide bonds. The van der Waals surface area contributed by atoms with Crippen LogP contribution in [0.4, 0.5) is 0 Å². The largest absolute Gasteiger partial charge is 0.314 e. The Morgan fingerprint density at radius 2 is 2.05 bits per heavy atom. The molecule has 4 unspecified atom stereocenters. The molecule has 1 N–H and O–H groups in total. The van der Waals surface area contributed by atoms with Gasteiger partial charge in [0.2, 0.25) is 0 Å². The molecule has 0 radical (unpaired) electrons. The third kappa shape index (κ3) is 3.34. The molecule has 2 aliphatic carbocycles. The van der Waals surface area contributed by atoms with E-state index in [1.54, 1.807) is 11.1 Å². The summed E-state index contributed by atoms with van der Waals surface area (Å²) in [6.45, 7) is 5.84. The number of hydrogen-bond acceptors (Lipinski definition) is 1. The molecule has 1 fully saturated rings. The van der Waals surface area contributed by atoms with Crippen molar-refractivity contribution in [1.82, 2.24) is 5.32 Å². The van der Waals surface area contributed by atoms with Crippen LogP contribution < -0.4 is 5.32 Å². The van der Waals surface area contributed by atoms with Crippen LogP contribution in [-0.4, -0.2) is 12.6 Å². The maximum absolute atomic E-state index is 3.89. The summed E-state index contributed by atoms with van der Waals surface area (Å²) >= 11 is 0. The third-order valence-corrected chi connectivity index (χ3v) is 5.88. The van der Waals surface area contributed by atoms with Crippen LogP contribution in [0.25, 0.3) is 0 Å². The molecule has 116 valence electrons. The van der Waals surface area contributed by atoms with E-state index in [0.717, 1.165) is 23.8 Å². The van der Waals surface area contributed by atoms with Crippen molar-refractivity contribution in [3.63, 3.8) is 0 Å². The zero-order valence-corrected chi connectivity index (χ0v) is 13.8. The predicted octanol–water partition coefficient (Wildman–Crippen LogP) is 4.91. The van der Waals surface area contributed by atoms with Crippen LogP contribution in [0.3, 0.4) is 0 Å². The molecule has 0 heterocycles. The highest BCUT2D eigenvalue weighted by atomic mass is 14.9. The lowest BCUT2D eigenvalue weighted by molar-refractivity contribution is 0.303. The van der Waals surface area contributed by atoms with Gasteiger partial charge < -0.3 is 5.32 Å². The molecule has 0 aromatic heterocycles. The second-order valence-electron chi connectivity index (χ2n) is 7.24. The molecule has 1 aromatic carbocycles. The fraction of sp³-hybridized carbons (Fsp3) is 0.700. The van der Waals surface area contributed by atoms with E-state index in [9.17, 15) is 0 Å². The van der Waals surface area contributed by atoms with Crippen molar-refractivity contribution in [2.24, 2.45) is 11.8 Å². The fourth-order valence-corrected chi connectivity index (χ4v) is 4.50. The number of benzene rings is 1. The molecule has 1 aromatic rings. The molecule has 0 aliphatic heterocycles. The van der Waals surface area contributed by atoms with Crippen LogP contribution in [0.15, 0.2) is 24.3 Å². The number of nitrogens with one attached hydrogen (secondary N) is 1. The molecule has 2 aliphatic rings. The highest BCUT2D eigenvalue weighted by Crippen LogP contribution is 2.42. The van der Waals surface area contributed by atoms with Gasteiger partial charge in [-0.2, -0.15) is 0 Å². The van der Waals surface area contributed by atoms with Crippen LogP contribution in [0.2, 0.25) is 0 Å². The maximum atomic E-state index is 3.89. The van der Waals surface area contributed by atoms with Crippen molar-refractivity contribution in [3.8, 4) is 0 Å². The van der Waals surface area contributed by atoms with Gasteiger partial charge in [-0.1, -0.05) is 51.0 Å². The van der Waals surface area contributed by atoms with Crippen molar-refractivity contribution >= 4 is 0 Å². The van der Waals surface area contributed by atoms with Crippen molar-refractivity contribution < 1.29 is 0 Å². The average molecular weight is 285 g/mol. The van der Waals surface area contributed by atoms with Crippen molar-refractivity contribution in [2.75, 3.05) is 6.54 Å². The van der Waals surface area contributed by atoms with Crippen LogP contribution in [0.1, 0.15) is 69.4 Å². The number of hydrogen-bond donors (Lipinski definition) is 1. The normalized spacial score (nSPS) is 29.0. The van der Waals surface area contributed by atoms with Gasteiger partial charge in [0.25, 0.3) is 0 Å². The Morgan fingerprint density at radius 1 is 1.19 bits per heavy atom. The van der Waals surface area contributed by atoms with Crippen molar-refractivity contribution in [2.45, 2.75) is 70.8 Å². The summed E-state index contributed by atoms with van der Waals surface area (Å²) in [5.41, 5.74) is 3.22. The Bertz CT molecular complexity index is 453. The Hall–Kier alpha value is -0.820. The number of fused-ring (bicyclic) bond motifs is 1. The molecule has 4 atom stereocenters. The first kappa shape index (κ1) is 15.1. The van der Waals surface area contributed by atoms with E-state index < -0.39 is 0 Å². The van der Waals surface area contributed by atoms with E-state index in [4.69, 9.17) is 0 Å². The number of rotatable bonds is 7. The summed E-state index contributed by atoms with van der Waals surface area (Å²) in [5, 5.41) is 3.89. The highest BCUT2D eigenvalue weighted by molar-refractivity contribution is 5.39. The van der Waals surface area contributed by atoms with Crippen LogP contribution in [-0.2, 0) is 6.42 Å². The van der Waals surface area contributed by atoms with Gasteiger partial charge in [-0.25, -0.2) is 0 Å². The quantitative estimate of drug-likeness (QED) is 0.750. The molecule has 21 heavy (non-hydrogen) atoms. The smallest absolute Gasteiger partial charge is 0.0101 e. The summed E-state index contributed by atoms with van der Waals surface area (Å²) < 4.78 is 0. The molecule has 1 saturated carbocycles. The Balaban J connectivity index is 1.61. The van der Waals surface area contributed by atoms with E-state index in [0.29, 0.717) is 0 Å². The molecule has 1 nitrogen and oxygen atoms in total. The van der Waals surface area contributed by atoms with Crippen LogP contribution in [0, 0.1) is 11.8 Å². The van der Waals surface area contributed by atoms with Gasteiger partial charge in [-0.3, -0.25) is 0 Å². The topological polar surface area (TPSA) is 12.0 Å². The summed E-state index contributed by atoms with van der Waals surface area (Å²) in [4.78, 5) is 0. The molecule has 0 spiro atoms. The standard InChI is InChI=1S/C20H31N/c1-3-11-21-20(17-10-9-15(4-2)12-17)14-18-13-16-7-5-6-8-19(16)18/h5-8,15,17-18,20-21H,3-4,9-14H2,1-2H3. The second kappa shape index (κ2) is 6.96. The maximum Gasteiger partial charge on any atom is 0.0101 e. The van der Waals surface area contributed by atoms with Crippen LogP contribution in [0.5, 0.6) is 0 Å². The second-order valence-corrected chi connectivity index (χ2v) is 7.24. The highest BCUT2D eigenvalue weighted by Gasteiger charge is 2.34. The van der Waals surface area contributed by atoms with Gasteiger partial charge in [-0.05, 0) is 67.5 Å². The summed E-state index contributed by atoms with van der Waals surface area (Å²) in [7, 11) is 0.